The molecule has 174 valence electrons. The Morgan fingerprint density at radius 3 is 2.21 bits per heavy atom. The Kier molecular flexibility index (Phi) is 6.86. The number of rotatable bonds is 9. The van der Waals surface area contributed by atoms with Crippen molar-refractivity contribution >= 4 is 23.7 Å². The fraction of sp³-hybridized carbons (Fsp3) is 0.304. The lowest BCUT2D eigenvalue weighted by molar-refractivity contribution is -0.146. The molecule has 1 aliphatic heterocycles. The second kappa shape index (κ2) is 9.60. The molecule has 33 heavy (non-hydrogen) atoms. The third kappa shape index (κ3) is 4.74. The van der Waals surface area contributed by atoms with Crippen LogP contribution in [0.5, 0.6) is 17.2 Å². The molecular weight excluding hydrogens is 432 g/mol. The number of Topliss-reactive ketones (excluding diaryl/α,β-unsaturated/α-hetero) is 1. The normalized spacial score (nSPS) is 17.4. The van der Waals surface area contributed by atoms with Crippen molar-refractivity contribution in [2.45, 2.75) is 12.5 Å². The van der Waals surface area contributed by atoms with Crippen molar-refractivity contribution in [1.29, 1.82) is 0 Å². The molecule has 10 nitrogen and oxygen atoms in total. The molecule has 1 aliphatic rings. The average Bonchev–Trinajstić information content (AvgIpc) is 3.05. The highest BCUT2D eigenvalue weighted by molar-refractivity contribution is 6.09. The first kappa shape index (κ1) is 23.6. The van der Waals surface area contributed by atoms with Crippen molar-refractivity contribution < 1.29 is 38.1 Å². The largest absolute Gasteiger partial charge is 0.497 e. The van der Waals surface area contributed by atoms with Crippen LogP contribution in [0.4, 0.5) is 4.79 Å². The van der Waals surface area contributed by atoms with Crippen LogP contribution >= 0.6 is 0 Å². The second-order valence-electron chi connectivity index (χ2n) is 7.33. The fourth-order valence-corrected chi connectivity index (χ4v) is 3.37. The summed E-state index contributed by atoms with van der Waals surface area (Å²) in [7, 11) is 4.42. The predicted molar refractivity (Wildman–Crippen MR) is 115 cm³/mol. The highest BCUT2D eigenvalue weighted by atomic mass is 16.5. The van der Waals surface area contributed by atoms with Crippen LogP contribution in [-0.4, -0.2) is 63.1 Å². The number of imide groups is 1. The van der Waals surface area contributed by atoms with Crippen LogP contribution in [0.15, 0.2) is 42.5 Å². The zero-order chi connectivity index (χ0) is 24.2. The molecule has 1 atom stereocenters. The summed E-state index contributed by atoms with van der Waals surface area (Å²) in [5.74, 6) is -0.591. The fourth-order valence-electron chi connectivity index (χ4n) is 3.37. The van der Waals surface area contributed by atoms with Crippen LogP contribution in [-0.2, 0) is 19.9 Å². The molecule has 1 heterocycles. The molecule has 3 rings (SSSR count). The minimum absolute atomic E-state index is 0.252. The van der Waals surface area contributed by atoms with E-state index in [1.807, 2.05) is 0 Å². The molecule has 2 aromatic carbocycles. The van der Waals surface area contributed by atoms with Crippen molar-refractivity contribution in [3.63, 3.8) is 0 Å². The summed E-state index contributed by atoms with van der Waals surface area (Å²) < 4.78 is 20.4. The Balaban J connectivity index is 1.62. The number of urea groups is 1. The van der Waals surface area contributed by atoms with Crippen LogP contribution in [0.1, 0.15) is 22.8 Å². The van der Waals surface area contributed by atoms with Crippen molar-refractivity contribution in [3.05, 3.63) is 53.6 Å². The van der Waals surface area contributed by atoms with Gasteiger partial charge >= 0.3 is 12.0 Å². The molecule has 10 heteroatoms. The number of hydrogen-bond donors (Lipinski definition) is 1. The molecule has 0 bridgehead atoms. The second-order valence-corrected chi connectivity index (χ2v) is 7.33. The molecule has 0 spiro atoms. The lowest BCUT2D eigenvalue weighted by Gasteiger charge is -2.22. The van der Waals surface area contributed by atoms with Crippen molar-refractivity contribution in [1.82, 2.24) is 10.2 Å². The first-order valence-electron chi connectivity index (χ1n) is 9.93. The van der Waals surface area contributed by atoms with Gasteiger partial charge in [0, 0.05) is 5.56 Å². The molecule has 0 radical (unpaired) electrons. The number of carbonyl (C=O) groups excluding carboxylic acids is 4. The smallest absolute Gasteiger partial charge is 0.326 e. The highest BCUT2D eigenvalue weighted by Gasteiger charge is 2.49. The molecular formula is C23H24N2O8. The molecule has 1 N–H and O–H groups in total. The highest BCUT2D eigenvalue weighted by Crippen LogP contribution is 2.30. The SMILES string of the molecule is COc1ccc([C@@]2(C)NC(=O)N(CC(=O)OCC(=O)c3ccc(OC)c(OC)c3)C2=O)cc1. The number of esters is 1. The van der Waals surface area contributed by atoms with E-state index in [1.165, 1.54) is 33.5 Å². The van der Waals surface area contributed by atoms with Crippen molar-refractivity contribution in [3.8, 4) is 17.2 Å². The van der Waals surface area contributed by atoms with Crippen LogP contribution in [0, 0.1) is 0 Å². The summed E-state index contributed by atoms with van der Waals surface area (Å²) in [4.78, 5) is 50.7. The van der Waals surface area contributed by atoms with Gasteiger partial charge in [-0.25, -0.2) is 4.79 Å². The van der Waals surface area contributed by atoms with Gasteiger partial charge in [0.15, 0.2) is 23.9 Å². The van der Waals surface area contributed by atoms with Gasteiger partial charge in [-0.1, -0.05) is 12.1 Å². The molecule has 0 aromatic heterocycles. The number of amides is 3. The van der Waals surface area contributed by atoms with E-state index >= 15 is 0 Å². The summed E-state index contributed by atoms with van der Waals surface area (Å²) in [5, 5.41) is 2.60. The topological polar surface area (TPSA) is 120 Å². The summed E-state index contributed by atoms with van der Waals surface area (Å²) in [6, 6.07) is 10.4. The van der Waals surface area contributed by atoms with E-state index in [2.05, 4.69) is 5.32 Å². The van der Waals surface area contributed by atoms with Gasteiger partial charge in [0.25, 0.3) is 5.91 Å². The molecule has 0 unspecified atom stereocenters. The van der Waals surface area contributed by atoms with E-state index < -0.39 is 42.4 Å². The van der Waals surface area contributed by atoms with Crippen LogP contribution in [0.3, 0.4) is 0 Å². The number of ether oxygens (including phenoxy) is 4. The quantitative estimate of drug-likeness (QED) is 0.345. The Labute approximate surface area is 190 Å². The maximum atomic E-state index is 12.9. The molecule has 1 saturated heterocycles. The van der Waals surface area contributed by atoms with Gasteiger partial charge in [-0.15, -0.1) is 0 Å². The third-order valence-electron chi connectivity index (χ3n) is 5.30. The van der Waals surface area contributed by atoms with Gasteiger partial charge in [0.2, 0.25) is 0 Å². The van der Waals surface area contributed by atoms with Gasteiger partial charge in [0.05, 0.1) is 21.3 Å². The number of hydrogen-bond acceptors (Lipinski definition) is 8. The number of nitrogens with one attached hydrogen (secondary N) is 1. The van der Waals surface area contributed by atoms with Crippen LogP contribution < -0.4 is 19.5 Å². The standard InChI is InChI=1S/C23H24N2O8/c1-23(15-6-8-16(30-2)9-7-15)21(28)25(22(29)24-23)12-20(27)33-13-17(26)14-5-10-18(31-3)19(11-14)32-4/h5-11H,12-13H2,1-4H3,(H,24,29)/t23-/m1/s1. The number of carbonyl (C=O) groups is 4. The monoisotopic (exact) mass is 456 g/mol. The van der Waals surface area contributed by atoms with E-state index in [-0.39, 0.29) is 5.56 Å². The van der Waals surface area contributed by atoms with Gasteiger partial charge in [-0.2, -0.15) is 0 Å². The zero-order valence-electron chi connectivity index (χ0n) is 18.7. The lowest BCUT2D eigenvalue weighted by atomic mass is 9.92. The first-order valence-corrected chi connectivity index (χ1v) is 9.93. The third-order valence-corrected chi connectivity index (χ3v) is 5.30. The maximum absolute atomic E-state index is 12.9. The summed E-state index contributed by atoms with van der Waals surface area (Å²) in [6.45, 7) is 0.351. The molecule has 0 saturated carbocycles. The Morgan fingerprint density at radius 2 is 1.61 bits per heavy atom. The van der Waals surface area contributed by atoms with E-state index in [9.17, 15) is 19.2 Å². The summed E-state index contributed by atoms with van der Waals surface area (Å²) >= 11 is 0. The Bertz CT molecular complexity index is 1080. The van der Waals surface area contributed by atoms with Crippen LogP contribution in [0.25, 0.3) is 0 Å². The molecule has 1 fully saturated rings. The Hall–Kier alpha value is -4.08. The van der Waals surface area contributed by atoms with Crippen molar-refractivity contribution in [2.75, 3.05) is 34.5 Å². The average molecular weight is 456 g/mol. The Morgan fingerprint density at radius 1 is 0.939 bits per heavy atom. The minimum atomic E-state index is -1.35. The number of nitrogens with zero attached hydrogens (tertiary/aromatic N) is 1. The maximum Gasteiger partial charge on any atom is 0.326 e. The van der Waals surface area contributed by atoms with Crippen molar-refractivity contribution in [2.24, 2.45) is 0 Å². The molecule has 3 amide bonds. The van der Waals surface area contributed by atoms with Gasteiger partial charge in [-0.05, 0) is 42.8 Å². The van der Waals surface area contributed by atoms with E-state index in [1.54, 1.807) is 37.3 Å². The zero-order valence-corrected chi connectivity index (χ0v) is 18.7. The van der Waals surface area contributed by atoms with Gasteiger partial charge in [-0.3, -0.25) is 19.3 Å². The molecule has 2 aromatic rings. The van der Waals surface area contributed by atoms with Crippen LogP contribution in [0.2, 0.25) is 0 Å². The number of benzene rings is 2. The molecule has 0 aliphatic carbocycles. The number of methoxy groups -OCH3 is 3. The number of ketones is 1. The van der Waals surface area contributed by atoms with E-state index in [0.29, 0.717) is 22.8 Å². The van der Waals surface area contributed by atoms with Gasteiger partial charge < -0.3 is 24.3 Å². The summed E-state index contributed by atoms with van der Waals surface area (Å²) in [6.07, 6.45) is 0. The van der Waals surface area contributed by atoms with E-state index in [0.717, 1.165) is 4.90 Å². The van der Waals surface area contributed by atoms with E-state index in [4.69, 9.17) is 18.9 Å². The minimum Gasteiger partial charge on any atom is -0.497 e. The first-order chi connectivity index (χ1) is 15.7. The van der Waals surface area contributed by atoms with Gasteiger partial charge in [0.1, 0.15) is 17.8 Å². The predicted octanol–water partition coefficient (Wildman–Crippen LogP) is 1.91. The summed E-state index contributed by atoms with van der Waals surface area (Å²) in [5.41, 5.74) is -0.567. The lowest BCUT2D eigenvalue weighted by Crippen LogP contribution is -2.41.